The molecule has 0 unspecified atom stereocenters. The van der Waals surface area contributed by atoms with E-state index in [0.717, 1.165) is 71.7 Å². The number of carbonyl (C=O) groups is 10. The van der Waals surface area contributed by atoms with Crippen molar-refractivity contribution in [3.63, 3.8) is 0 Å². The van der Waals surface area contributed by atoms with Crippen molar-refractivity contribution >= 4 is 59.4 Å². The molecule has 4 aliphatic rings. The highest BCUT2D eigenvalue weighted by Crippen LogP contribution is 2.64. The number of hydrogen-bond acceptors (Lipinski definition) is 23. The summed E-state index contributed by atoms with van der Waals surface area (Å²) in [5.74, 6) is -7.90. The van der Waals surface area contributed by atoms with Gasteiger partial charge in [0.1, 0.15) is 53.8 Å². The quantitative estimate of drug-likeness (QED) is 0.0117. The Kier molecular flexibility index (Phi) is 31.2. The fourth-order valence-electron chi connectivity index (χ4n) is 13.9. The minimum Gasteiger partial charge on any atom is -0.455 e. The minimum absolute atomic E-state index is 0.0407. The predicted molar refractivity (Wildman–Crippen MR) is 366 cm³/mol. The highest BCUT2D eigenvalue weighted by Gasteiger charge is 2.78. The van der Waals surface area contributed by atoms with Crippen LogP contribution in [-0.2, 0) is 66.8 Å². The molecule has 2 bridgehead atoms. The molecule has 24 heteroatoms. The summed E-state index contributed by atoms with van der Waals surface area (Å²) in [5.41, 5.74) is -7.50. The number of rotatable bonds is 32. The third kappa shape index (κ3) is 19.7. The second-order valence-corrected chi connectivity index (χ2v) is 26.9. The summed E-state index contributed by atoms with van der Waals surface area (Å²) >= 11 is 0. The summed E-state index contributed by atoms with van der Waals surface area (Å²) in [6.07, 6.45) is -3.11. The van der Waals surface area contributed by atoms with Gasteiger partial charge in [-0.05, 0) is 155 Å². The third-order valence-corrected chi connectivity index (χ3v) is 19.5. The highest BCUT2D eigenvalue weighted by atomic mass is 16.6. The van der Waals surface area contributed by atoms with Gasteiger partial charge in [0.25, 0.3) is 5.91 Å². The van der Waals surface area contributed by atoms with Gasteiger partial charge in [-0.2, -0.15) is 0 Å². The zero-order valence-electron chi connectivity index (χ0n) is 59.5. The van der Waals surface area contributed by atoms with Crippen LogP contribution in [0.2, 0.25) is 0 Å². The van der Waals surface area contributed by atoms with Crippen LogP contribution >= 0.6 is 0 Å². The molecule has 3 fully saturated rings. The average molecular weight is 1370 g/mol. The number of aliphatic hydroxyl groups excluding tert-OH is 1. The number of likely N-dealkylation sites (N-methyl/N-ethyl adjacent to an activating group) is 2. The third-order valence-electron chi connectivity index (χ3n) is 19.5. The van der Waals surface area contributed by atoms with E-state index < -0.39 is 131 Å². The molecule has 1 saturated heterocycles. The maximum absolute atomic E-state index is 15.8. The van der Waals surface area contributed by atoms with Gasteiger partial charge in [0, 0.05) is 44.1 Å². The second kappa shape index (κ2) is 37.7. The van der Waals surface area contributed by atoms with Gasteiger partial charge >= 0.3 is 29.8 Å². The maximum Gasteiger partial charge on any atom is 0.350 e. The molecule has 1 heterocycles. The van der Waals surface area contributed by atoms with Crippen molar-refractivity contribution in [2.45, 2.75) is 205 Å². The number of Topliss-reactive ketones (excluding diaryl/α,β-unsaturated/α-hetero) is 3. The number of benzene rings is 3. The van der Waals surface area contributed by atoms with Crippen molar-refractivity contribution in [2.24, 2.45) is 22.7 Å². The Labute approximate surface area is 576 Å². The molecule has 14 atom stereocenters. The molecular formula is C74H106N6O18. The zero-order chi connectivity index (χ0) is 72.7. The van der Waals surface area contributed by atoms with Crippen molar-refractivity contribution in [3.8, 4) is 0 Å². The van der Waals surface area contributed by atoms with E-state index in [1.54, 1.807) is 120 Å². The van der Waals surface area contributed by atoms with E-state index in [0.29, 0.717) is 12.0 Å². The Morgan fingerprint density at radius 1 is 0.694 bits per heavy atom. The van der Waals surface area contributed by atoms with Crippen LogP contribution in [-0.4, -0.2) is 190 Å². The first-order chi connectivity index (χ1) is 46.5. The molecular weight excluding hydrogens is 1260 g/mol. The van der Waals surface area contributed by atoms with Crippen molar-refractivity contribution < 1.29 is 86.6 Å². The van der Waals surface area contributed by atoms with Crippen LogP contribution in [0.5, 0.6) is 0 Å². The number of ether oxygens (including phenoxy) is 6. The summed E-state index contributed by atoms with van der Waals surface area (Å²) < 4.78 is 37.2. The first-order valence-corrected chi connectivity index (χ1v) is 34.0. The lowest BCUT2D eigenvalue weighted by Gasteiger charge is -2.67. The Hall–Kier alpha value is -7.42. The number of ketones is 3. The van der Waals surface area contributed by atoms with Gasteiger partial charge in [0.05, 0.1) is 41.7 Å². The van der Waals surface area contributed by atoms with Crippen LogP contribution in [0.4, 0.5) is 0 Å². The first kappa shape index (κ1) is 81.3. The fraction of sp³-hybridized carbons (Fsp3) is 0.595. The van der Waals surface area contributed by atoms with E-state index in [4.69, 9.17) is 28.4 Å². The van der Waals surface area contributed by atoms with Crippen LogP contribution in [0.3, 0.4) is 0 Å². The SMILES string of the molecule is CC(=O)O[C@H]1C(=O)[C@@]2(C)[C@H]([C@H](OC(=O)c3ccccc3)[C@]3(O)C[C@H](OC(=O)[C@H](OC(=O)[C@@H](NCCCC=O)C(C)C)[C@@H](NC(=O)c4ccccc4)c4ccccc4)C(C)=C1C3(C)C)[C@]1(OC(C)=O)CO[C@@H]1C[C@@H]2O.CNCCCC[C@@H](NC)C(C)=O.CNCCCC[C@@H](NC)C(C)=O. The van der Waals surface area contributed by atoms with Gasteiger partial charge in [0.2, 0.25) is 6.10 Å². The monoisotopic (exact) mass is 1370 g/mol. The number of esters is 5. The number of carbonyl (C=O) groups excluding carboxylic acids is 10. The van der Waals surface area contributed by atoms with Crippen molar-refractivity contribution in [1.82, 2.24) is 31.9 Å². The molecule has 0 aromatic heterocycles. The summed E-state index contributed by atoms with van der Waals surface area (Å²) in [4.78, 5) is 134. The van der Waals surface area contributed by atoms with Crippen LogP contribution in [0, 0.1) is 22.7 Å². The molecule has 3 aliphatic carbocycles. The molecule has 3 aromatic rings. The normalized spacial score (nSPS) is 25.1. The number of aldehydes is 1. The molecule has 7 rings (SSSR count). The van der Waals surface area contributed by atoms with E-state index >= 15 is 9.59 Å². The number of nitrogens with one attached hydrogen (secondary N) is 6. The number of amides is 1. The van der Waals surface area contributed by atoms with E-state index in [1.165, 1.54) is 26.0 Å². The van der Waals surface area contributed by atoms with Gasteiger partial charge in [-0.3, -0.25) is 33.6 Å². The summed E-state index contributed by atoms with van der Waals surface area (Å²) in [5, 5.41) is 44.4. The fourth-order valence-corrected chi connectivity index (χ4v) is 13.9. The number of unbranched alkanes of at least 4 members (excludes halogenated alkanes) is 3. The maximum atomic E-state index is 15.8. The van der Waals surface area contributed by atoms with Gasteiger partial charge in [-0.25, -0.2) is 9.59 Å². The zero-order valence-corrected chi connectivity index (χ0v) is 59.5. The van der Waals surface area contributed by atoms with Crippen molar-refractivity contribution in [2.75, 3.05) is 54.4 Å². The van der Waals surface area contributed by atoms with Gasteiger partial charge in [-0.1, -0.05) is 107 Å². The summed E-state index contributed by atoms with van der Waals surface area (Å²) in [6, 6.07) is 21.9. The van der Waals surface area contributed by atoms with Gasteiger partial charge in [-0.15, -0.1) is 0 Å². The van der Waals surface area contributed by atoms with Crippen LogP contribution in [0.1, 0.15) is 166 Å². The van der Waals surface area contributed by atoms with Crippen LogP contribution < -0.4 is 31.9 Å². The molecule has 24 nitrogen and oxygen atoms in total. The van der Waals surface area contributed by atoms with Gasteiger partial charge < -0.3 is 75.3 Å². The number of fused-ring (bicyclic) bond motifs is 5. The predicted octanol–water partition coefficient (Wildman–Crippen LogP) is 5.99. The topological polar surface area (TPSA) is 339 Å². The lowest BCUT2D eigenvalue weighted by Crippen LogP contribution is -2.82. The lowest BCUT2D eigenvalue weighted by molar-refractivity contribution is -0.346. The second-order valence-electron chi connectivity index (χ2n) is 26.9. The summed E-state index contributed by atoms with van der Waals surface area (Å²) in [7, 11) is 7.56. The summed E-state index contributed by atoms with van der Waals surface area (Å²) in [6.45, 7) is 17.0. The van der Waals surface area contributed by atoms with E-state index in [-0.39, 0.29) is 71.9 Å². The molecule has 540 valence electrons. The standard InChI is InChI=1S/C56H66N2O16.2C9H20N2O/c1-31(2)42(57-26-18-19-27-59)51(66)72-45(43(35-20-12-9-13-21-35)58-49(64)36-22-14-10-15-23-36)52(67)71-38-29-56(68)48(73-50(65)37-24-16-11-17-25-37)46-54(8,39(62)28-40-55(46,30-69-40)74-34(5)61)47(63)44(70-33(4)60)41(32(38)3)53(56,6)7;2*1-8(12)9(11-3)6-4-5-7-10-2/h9-17,20-25,27,31,38-40,42-46,48,57,62,68H,18-19,26,28-30H2,1-8H3,(H,58,64);2*9-11H,4-7H2,1-3H3/t38-,39-,40+,42-,43-,44+,45+,46-,48-,54+,55-,56+;2*9-/m011/s1. The Balaban J connectivity index is 0.000000610. The Morgan fingerprint density at radius 2 is 1.23 bits per heavy atom. The molecule has 3 aromatic carbocycles. The molecule has 1 aliphatic heterocycles. The van der Waals surface area contributed by atoms with Crippen LogP contribution in [0.15, 0.2) is 102 Å². The van der Waals surface area contributed by atoms with E-state index in [2.05, 4.69) is 31.9 Å². The molecule has 2 saturated carbocycles. The number of hydrogen-bond donors (Lipinski definition) is 8. The Morgan fingerprint density at radius 3 is 1.70 bits per heavy atom. The molecule has 1 amide bonds. The van der Waals surface area contributed by atoms with Gasteiger partial charge in [0.15, 0.2) is 17.5 Å². The molecule has 0 radical (unpaired) electrons. The largest absolute Gasteiger partial charge is 0.455 e. The van der Waals surface area contributed by atoms with Crippen LogP contribution in [0.25, 0.3) is 0 Å². The molecule has 0 spiro atoms. The highest BCUT2D eigenvalue weighted by molar-refractivity contribution is 5.97. The molecule has 98 heavy (non-hydrogen) atoms. The number of aliphatic hydroxyl groups is 2. The Bertz CT molecular complexity index is 3170. The van der Waals surface area contributed by atoms with E-state index in [1.807, 2.05) is 28.2 Å². The first-order valence-electron chi connectivity index (χ1n) is 34.0. The minimum atomic E-state index is -2.48. The van der Waals surface area contributed by atoms with Crippen molar-refractivity contribution in [3.05, 3.63) is 119 Å². The lowest BCUT2D eigenvalue weighted by atomic mass is 9.44. The molecule has 8 N–H and O–H groups in total. The van der Waals surface area contributed by atoms with Crippen molar-refractivity contribution in [1.29, 1.82) is 0 Å². The average Bonchev–Trinajstić information content (AvgIpc) is 0.670. The smallest absolute Gasteiger partial charge is 0.350 e. The van der Waals surface area contributed by atoms with E-state index in [9.17, 15) is 48.6 Å².